The molecule has 1 heterocycles. The van der Waals surface area contributed by atoms with Crippen molar-refractivity contribution in [1.29, 1.82) is 0 Å². The summed E-state index contributed by atoms with van der Waals surface area (Å²) in [4.78, 5) is 28.1. The summed E-state index contributed by atoms with van der Waals surface area (Å²) in [6.45, 7) is 5.26. The maximum Gasteiger partial charge on any atom is 0.295 e. The summed E-state index contributed by atoms with van der Waals surface area (Å²) in [5.41, 5.74) is 2.83. The predicted octanol–water partition coefficient (Wildman–Crippen LogP) is 5.44. The third kappa shape index (κ3) is 6.13. The SMILES string of the molecule is CCOc1ccc(C2/C(=C(/O)c3ccc(OCc4ccccc4)cc3C)C(=O)C(=O)N2CCCOC)cc1OC. The van der Waals surface area contributed by atoms with Gasteiger partial charge in [-0.15, -0.1) is 0 Å². The molecule has 40 heavy (non-hydrogen) atoms. The lowest BCUT2D eigenvalue weighted by molar-refractivity contribution is -0.140. The van der Waals surface area contributed by atoms with Gasteiger partial charge in [0.25, 0.3) is 11.7 Å². The zero-order chi connectivity index (χ0) is 28.6. The number of aryl methyl sites for hydroxylation is 1. The van der Waals surface area contributed by atoms with Crippen LogP contribution in [0.3, 0.4) is 0 Å². The van der Waals surface area contributed by atoms with E-state index in [0.717, 1.165) is 5.56 Å². The number of hydrogen-bond donors (Lipinski definition) is 1. The van der Waals surface area contributed by atoms with E-state index in [0.29, 0.717) is 60.2 Å². The first-order valence-corrected chi connectivity index (χ1v) is 13.2. The van der Waals surface area contributed by atoms with Crippen molar-refractivity contribution in [2.75, 3.05) is 34.0 Å². The van der Waals surface area contributed by atoms with Gasteiger partial charge in [-0.2, -0.15) is 0 Å². The van der Waals surface area contributed by atoms with Gasteiger partial charge in [-0.1, -0.05) is 36.4 Å². The molecule has 1 fully saturated rings. The Hall–Kier alpha value is -4.30. The van der Waals surface area contributed by atoms with Gasteiger partial charge in [0.15, 0.2) is 11.5 Å². The number of benzene rings is 3. The number of carbonyl (C=O) groups excluding carboxylic acids is 2. The minimum Gasteiger partial charge on any atom is -0.507 e. The van der Waals surface area contributed by atoms with Gasteiger partial charge in [-0.25, -0.2) is 0 Å². The Morgan fingerprint density at radius 2 is 1.73 bits per heavy atom. The average molecular weight is 546 g/mol. The number of hydrogen-bond acceptors (Lipinski definition) is 7. The van der Waals surface area contributed by atoms with Crippen molar-refractivity contribution in [2.45, 2.75) is 32.9 Å². The molecule has 1 saturated heterocycles. The van der Waals surface area contributed by atoms with E-state index in [9.17, 15) is 14.7 Å². The molecule has 0 saturated carbocycles. The van der Waals surface area contributed by atoms with Gasteiger partial charge in [-0.05, 0) is 67.3 Å². The number of ketones is 1. The van der Waals surface area contributed by atoms with E-state index in [4.69, 9.17) is 18.9 Å². The van der Waals surface area contributed by atoms with Crippen LogP contribution in [-0.2, 0) is 20.9 Å². The van der Waals surface area contributed by atoms with Crippen LogP contribution in [0, 0.1) is 6.92 Å². The van der Waals surface area contributed by atoms with Crippen LogP contribution in [-0.4, -0.2) is 55.7 Å². The maximum atomic E-state index is 13.4. The van der Waals surface area contributed by atoms with Gasteiger partial charge in [0.1, 0.15) is 18.1 Å². The van der Waals surface area contributed by atoms with Crippen LogP contribution in [0.25, 0.3) is 5.76 Å². The standard InChI is InChI=1S/C32H35NO7/c1-5-39-26-15-12-23(19-27(26)38-4)29-28(31(35)32(36)33(29)16-9-17-37-3)30(34)25-14-13-24(18-21(25)2)40-20-22-10-7-6-8-11-22/h6-8,10-15,18-19,29,34H,5,9,16-17,20H2,1-4H3/b30-28-. The summed E-state index contributed by atoms with van der Waals surface area (Å²) in [5.74, 6) is 0.000708. The minimum absolute atomic E-state index is 0.0229. The van der Waals surface area contributed by atoms with Crippen molar-refractivity contribution in [3.8, 4) is 17.2 Å². The van der Waals surface area contributed by atoms with Crippen LogP contribution in [0.4, 0.5) is 0 Å². The molecule has 1 atom stereocenters. The fraction of sp³-hybridized carbons (Fsp3) is 0.312. The second-order valence-corrected chi connectivity index (χ2v) is 9.43. The topological polar surface area (TPSA) is 94.5 Å². The van der Waals surface area contributed by atoms with Gasteiger partial charge >= 0.3 is 0 Å². The Morgan fingerprint density at radius 3 is 2.40 bits per heavy atom. The Labute approximate surface area is 234 Å². The average Bonchev–Trinajstić information content (AvgIpc) is 3.22. The highest BCUT2D eigenvalue weighted by atomic mass is 16.5. The largest absolute Gasteiger partial charge is 0.507 e. The Balaban J connectivity index is 1.73. The number of likely N-dealkylation sites (tertiary alicyclic amines) is 1. The van der Waals surface area contributed by atoms with Crippen LogP contribution in [0.1, 0.15) is 41.6 Å². The number of ether oxygens (including phenoxy) is 4. The molecule has 3 aromatic carbocycles. The van der Waals surface area contributed by atoms with Crippen molar-refractivity contribution in [3.05, 3.63) is 94.6 Å². The lowest BCUT2D eigenvalue weighted by Gasteiger charge is -2.26. The van der Waals surface area contributed by atoms with Gasteiger partial charge in [0, 0.05) is 25.8 Å². The normalized spacial score (nSPS) is 16.3. The highest BCUT2D eigenvalue weighted by Crippen LogP contribution is 2.42. The molecule has 8 nitrogen and oxygen atoms in total. The van der Waals surface area contributed by atoms with E-state index in [1.165, 1.54) is 12.0 Å². The molecule has 8 heteroatoms. The van der Waals surface area contributed by atoms with Gasteiger partial charge in [0.05, 0.1) is 25.3 Å². The molecule has 0 aliphatic carbocycles. The molecule has 4 rings (SSSR count). The van der Waals surface area contributed by atoms with Crippen LogP contribution >= 0.6 is 0 Å². The third-order valence-electron chi connectivity index (χ3n) is 6.79. The summed E-state index contributed by atoms with van der Waals surface area (Å²) in [7, 11) is 3.11. The Kier molecular flexibility index (Phi) is 9.45. The Morgan fingerprint density at radius 1 is 0.950 bits per heavy atom. The molecule has 0 spiro atoms. The molecule has 1 N–H and O–H groups in total. The summed E-state index contributed by atoms with van der Waals surface area (Å²) in [6.07, 6.45) is 0.528. The van der Waals surface area contributed by atoms with Gasteiger partial charge in [0.2, 0.25) is 0 Å². The smallest absolute Gasteiger partial charge is 0.295 e. The fourth-order valence-electron chi connectivity index (χ4n) is 4.84. The minimum atomic E-state index is -0.810. The molecular weight excluding hydrogens is 510 g/mol. The summed E-state index contributed by atoms with van der Waals surface area (Å²) >= 11 is 0. The van der Waals surface area contributed by atoms with Crippen molar-refractivity contribution < 1.29 is 33.6 Å². The van der Waals surface area contributed by atoms with E-state index in [1.54, 1.807) is 37.4 Å². The van der Waals surface area contributed by atoms with Crippen LogP contribution in [0.15, 0.2) is 72.3 Å². The zero-order valence-corrected chi connectivity index (χ0v) is 23.3. The predicted molar refractivity (Wildman–Crippen MR) is 152 cm³/mol. The highest BCUT2D eigenvalue weighted by molar-refractivity contribution is 6.46. The third-order valence-corrected chi connectivity index (χ3v) is 6.79. The molecule has 0 radical (unpaired) electrons. The Bertz CT molecular complexity index is 1380. The van der Waals surface area contributed by atoms with Gasteiger partial charge in [-0.3, -0.25) is 9.59 Å². The quantitative estimate of drug-likeness (QED) is 0.140. The van der Waals surface area contributed by atoms with Crippen LogP contribution in [0.2, 0.25) is 0 Å². The van der Waals surface area contributed by atoms with Crippen molar-refractivity contribution in [1.82, 2.24) is 4.90 Å². The first-order chi connectivity index (χ1) is 19.4. The monoisotopic (exact) mass is 545 g/mol. The van der Waals surface area contributed by atoms with Crippen molar-refractivity contribution >= 4 is 17.4 Å². The number of nitrogens with zero attached hydrogens (tertiary/aromatic N) is 1. The van der Waals surface area contributed by atoms with Crippen molar-refractivity contribution in [2.24, 2.45) is 0 Å². The molecule has 1 aliphatic heterocycles. The summed E-state index contributed by atoms with van der Waals surface area (Å²) < 4.78 is 22.3. The second-order valence-electron chi connectivity index (χ2n) is 9.43. The molecule has 3 aromatic rings. The zero-order valence-electron chi connectivity index (χ0n) is 23.3. The molecule has 1 unspecified atom stereocenters. The maximum absolute atomic E-state index is 13.4. The van der Waals surface area contributed by atoms with Crippen LogP contribution in [0.5, 0.6) is 17.2 Å². The first kappa shape index (κ1) is 28.7. The molecule has 0 bridgehead atoms. The summed E-state index contributed by atoms with van der Waals surface area (Å²) in [5, 5.41) is 11.5. The van der Waals surface area contributed by atoms with E-state index in [-0.39, 0.29) is 17.9 Å². The molecule has 1 amide bonds. The fourth-order valence-corrected chi connectivity index (χ4v) is 4.84. The lowest BCUT2D eigenvalue weighted by atomic mass is 9.93. The number of Topliss-reactive ketones (excluding diaryl/α,β-unsaturated/α-hetero) is 1. The highest BCUT2D eigenvalue weighted by Gasteiger charge is 2.46. The molecule has 210 valence electrons. The number of methoxy groups -OCH3 is 2. The number of aliphatic hydroxyl groups is 1. The molecule has 0 aromatic heterocycles. The number of aliphatic hydroxyl groups excluding tert-OH is 1. The second kappa shape index (κ2) is 13.2. The van der Waals surface area contributed by atoms with Gasteiger partial charge < -0.3 is 29.0 Å². The van der Waals surface area contributed by atoms with E-state index < -0.39 is 17.7 Å². The number of carbonyl (C=O) groups is 2. The van der Waals surface area contributed by atoms with E-state index in [2.05, 4.69) is 0 Å². The molecule has 1 aliphatic rings. The number of rotatable bonds is 12. The summed E-state index contributed by atoms with van der Waals surface area (Å²) in [6, 6.07) is 19.5. The molecular formula is C32H35NO7. The van der Waals surface area contributed by atoms with Crippen LogP contribution < -0.4 is 14.2 Å². The van der Waals surface area contributed by atoms with E-state index >= 15 is 0 Å². The first-order valence-electron chi connectivity index (χ1n) is 13.2. The van der Waals surface area contributed by atoms with E-state index in [1.807, 2.05) is 50.2 Å². The van der Waals surface area contributed by atoms with Crippen molar-refractivity contribution in [3.63, 3.8) is 0 Å². The lowest BCUT2D eigenvalue weighted by Crippen LogP contribution is -2.31. The number of amides is 1.